The monoisotopic (exact) mass is 287 g/mol. The average Bonchev–Trinajstić information content (AvgIpc) is 2.37. The van der Waals surface area contributed by atoms with Gasteiger partial charge in [0, 0.05) is 19.7 Å². The average molecular weight is 287 g/mol. The van der Waals surface area contributed by atoms with Gasteiger partial charge in [-0.15, -0.1) is 0 Å². The van der Waals surface area contributed by atoms with Crippen LogP contribution < -0.4 is 0 Å². The third kappa shape index (κ3) is 7.10. The van der Waals surface area contributed by atoms with Crippen LogP contribution in [0.3, 0.4) is 0 Å². The molecule has 1 aliphatic heterocycles. The van der Waals surface area contributed by atoms with E-state index in [1.54, 1.807) is 4.90 Å². The van der Waals surface area contributed by atoms with E-state index in [0.29, 0.717) is 19.7 Å². The lowest BCUT2D eigenvalue weighted by atomic mass is 10.2. The van der Waals surface area contributed by atoms with E-state index >= 15 is 0 Å². The van der Waals surface area contributed by atoms with Gasteiger partial charge in [0.25, 0.3) is 0 Å². The van der Waals surface area contributed by atoms with E-state index < -0.39 is 5.60 Å². The summed E-state index contributed by atoms with van der Waals surface area (Å²) in [7, 11) is 0. The number of nitrogens with zero attached hydrogens (tertiary/aromatic N) is 1. The summed E-state index contributed by atoms with van der Waals surface area (Å²) in [5.41, 5.74) is -0.462. The molecule has 1 amide bonds. The second-order valence-electron chi connectivity index (χ2n) is 6.13. The molecular formula is C15H29NO4. The van der Waals surface area contributed by atoms with Gasteiger partial charge in [-0.2, -0.15) is 0 Å². The van der Waals surface area contributed by atoms with Gasteiger partial charge in [-0.1, -0.05) is 6.92 Å². The minimum Gasteiger partial charge on any atom is -0.444 e. The molecule has 0 N–H and O–H groups in total. The summed E-state index contributed by atoms with van der Waals surface area (Å²) in [6.45, 7) is 10.2. The molecule has 1 saturated heterocycles. The van der Waals surface area contributed by atoms with Crippen LogP contribution in [-0.2, 0) is 14.2 Å². The third-order valence-electron chi connectivity index (χ3n) is 2.95. The lowest BCUT2D eigenvalue weighted by Gasteiger charge is -2.28. The Morgan fingerprint density at radius 1 is 1.30 bits per heavy atom. The number of carbonyl (C=O) groups excluding carboxylic acids is 1. The van der Waals surface area contributed by atoms with Crippen LogP contribution >= 0.6 is 0 Å². The molecule has 1 fully saturated rings. The zero-order valence-electron chi connectivity index (χ0n) is 13.3. The topological polar surface area (TPSA) is 48.0 Å². The van der Waals surface area contributed by atoms with E-state index in [0.717, 1.165) is 32.3 Å². The van der Waals surface area contributed by atoms with Gasteiger partial charge in [0.1, 0.15) is 5.60 Å². The molecule has 0 aromatic heterocycles. The Kier molecular flexibility index (Phi) is 7.30. The van der Waals surface area contributed by atoms with Crippen LogP contribution in [0.25, 0.3) is 0 Å². The van der Waals surface area contributed by atoms with Crippen LogP contribution in [0, 0.1) is 0 Å². The van der Waals surface area contributed by atoms with Crippen LogP contribution in [0.4, 0.5) is 4.79 Å². The highest BCUT2D eigenvalue weighted by Gasteiger charge is 2.22. The second kappa shape index (κ2) is 8.47. The Hall–Kier alpha value is -0.810. The van der Waals surface area contributed by atoms with Gasteiger partial charge in [0.05, 0.1) is 6.61 Å². The summed E-state index contributed by atoms with van der Waals surface area (Å²) in [5.74, 6) is 0. The molecular weight excluding hydrogens is 258 g/mol. The summed E-state index contributed by atoms with van der Waals surface area (Å²) in [6, 6.07) is 0. The maximum atomic E-state index is 12.0. The fourth-order valence-electron chi connectivity index (χ4n) is 2.03. The van der Waals surface area contributed by atoms with Crippen molar-refractivity contribution in [2.45, 2.75) is 65.3 Å². The van der Waals surface area contributed by atoms with E-state index in [9.17, 15) is 4.79 Å². The molecule has 0 aromatic carbocycles. The first-order chi connectivity index (χ1) is 9.42. The lowest BCUT2D eigenvalue weighted by molar-refractivity contribution is -0.163. The van der Waals surface area contributed by atoms with Gasteiger partial charge < -0.3 is 19.1 Å². The van der Waals surface area contributed by atoms with Crippen LogP contribution in [0.5, 0.6) is 0 Å². The maximum absolute atomic E-state index is 12.0. The molecule has 118 valence electrons. The molecule has 0 bridgehead atoms. The first-order valence-electron chi connectivity index (χ1n) is 7.63. The van der Waals surface area contributed by atoms with Crippen molar-refractivity contribution in [3.05, 3.63) is 0 Å². The van der Waals surface area contributed by atoms with E-state index in [2.05, 4.69) is 0 Å². The standard InChI is InChI=1S/C15H29NO4/c1-5-9-16(14(17)20-15(2,3)4)10-12-19-13-8-6-7-11-18-13/h13H,5-12H2,1-4H3. The summed E-state index contributed by atoms with van der Waals surface area (Å²) in [4.78, 5) is 13.8. The van der Waals surface area contributed by atoms with Crippen LogP contribution in [0.2, 0.25) is 0 Å². The van der Waals surface area contributed by atoms with Gasteiger partial charge in [0.15, 0.2) is 6.29 Å². The number of ether oxygens (including phenoxy) is 3. The maximum Gasteiger partial charge on any atom is 0.410 e. The number of hydrogen-bond acceptors (Lipinski definition) is 4. The quantitative estimate of drug-likeness (QED) is 0.753. The number of rotatable bonds is 6. The zero-order chi connectivity index (χ0) is 15.0. The first kappa shape index (κ1) is 17.2. The van der Waals surface area contributed by atoms with Gasteiger partial charge in [0.2, 0.25) is 0 Å². The Bertz CT molecular complexity index is 282. The Morgan fingerprint density at radius 3 is 2.60 bits per heavy atom. The highest BCUT2D eigenvalue weighted by molar-refractivity contribution is 5.68. The summed E-state index contributed by atoms with van der Waals surface area (Å²) < 4.78 is 16.6. The molecule has 5 nitrogen and oxygen atoms in total. The molecule has 1 unspecified atom stereocenters. The fourth-order valence-corrected chi connectivity index (χ4v) is 2.03. The SMILES string of the molecule is CCCN(CCOC1CCCCO1)C(=O)OC(C)(C)C. The van der Waals surface area contributed by atoms with Gasteiger partial charge in [-0.25, -0.2) is 4.79 Å². The zero-order valence-corrected chi connectivity index (χ0v) is 13.3. The summed E-state index contributed by atoms with van der Waals surface area (Å²) >= 11 is 0. The molecule has 0 saturated carbocycles. The van der Waals surface area contributed by atoms with Gasteiger partial charge in [-0.3, -0.25) is 0 Å². The van der Waals surface area contributed by atoms with Crippen molar-refractivity contribution in [2.75, 3.05) is 26.3 Å². The second-order valence-corrected chi connectivity index (χ2v) is 6.13. The van der Waals surface area contributed by atoms with Crippen LogP contribution in [0.15, 0.2) is 0 Å². The lowest BCUT2D eigenvalue weighted by Crippen LogP contribution is -2.39. The Balaban J connectivity index is 2.32. The van der Waals surface area contributed by atoms with Gasteiger partial charge >= 0.3 is 6.09 Å². The van der Waals surface area contributed by atoms with E-state index in [4.69, 9.17) is 14.2 Å². The summed E-state index contributed by atoms with van der Waals surface area (Å²) in [6.07, 6.45) is 3.73. The van der Waals surface area contributed by atoms with E-state index in [-0.39, 0.29) is 12.4 Å². The Labute approximate surface area is 122 Å². The number of carbonyl (C=O) groups is 1. The van der Waals surface area contributed by atoms with Crippen molar-refractivity contribution in [1.29, 1.82) is 0 Å². The van der Waals surface area contributed by atoms with E-state index in [1.165, 1.54) is 0 Å². The molecule has 0 radical (unpaired) electrons. The largest absolute Gasteiger partial charge is 0.444 e. The van der Waals surface area contributed by atoms with Crippen molar-refractivity contribution in [1.82, 2.24) is 4.90 Å². The highest BCUT2D eigenvalue weighted by Crippen LogP contribution is 2.14. The molecule has 1 rings (SSSR count). The van der Waals surface area contributed by atoms with Crippen LogP contribution in [-0.4, -0.2) is 49.2 Å². The normalized spacial score (nSPS) is 19.7. The molecule has 0 aliphatic carbocycles. The summed E-state index contributed by atoms with van der Waals surface area (Å²) in [5, 5.41) is 0. The number of amides is 1. The molecule has 20 heavy (non-hydrogen) atoms. The molecule has 5 heteroatoms. The van der Waals surface area contributed by atoms with Crippen molar-refractivity contribution < 1.29 is 19.0 Å². The third-order valence-corrected chi connectivity index (χ3v) is 2.95. The first-order valence-corrected chi connectivity index (χ1v) is 7.63. The van der Waals surface area contributed by atoms with Crippen molar-refractivity contribution in [3.8, 4) is 0 Å². The molecule has 0 spiro atoms. The Morgan fingerprint density at radius 2 is 2.05 bits per heavy atom. The molecule has 1 atom stereocenters. The van der Waals surface area contributed by atoms with Crippen molar-refractivity contribution in [2.24, 2.45) is 0 Å². The molecule has 0 aromatic rings. The predicted molar refractivity (Wildman–Crippen MR) is 77.6 cm³/mol. The minimum atomic E-state index is -0.462. The fraction of sp³-hybridized carbons (Fsp3) is 0.933. The number of hydrogen-bond donors (Lipinski definition) is 0. The van der Waals surface area contributed by atoms with Crippen LogP contribution in [0.1, 0.15) is 53.4 Å². The molecule has 1 heterocycles. The minimum absolute atomic E-state index is 0.106. The smallest absolute Gasteiger partial charge is 0.410 e. The van der Waals surface area contributed by atoms with Gasteiger partial charge in [-0.05, 0) is 46.5 Å². The highest BCUT2D eigenvalue weighted by atomic mass is 16.7. The predicted octanol–water partition coefficient (Wildman–Crippen LogP) is 3.18. The van der Waals surface area contributed by atoms with Crippen molar-refractivity contribution in [3.63, 3.8) is 0 Å². The van der Waals surface area contributed by atoms with E-state index in [1.807, 2.05) is 27.7 Å². The van der Waals surface area contributed by atoms with Crippen molar-refractivity contribution >= 4 is 6.09 Å². The molecule has 1 aliphatic rings.